The first-order valence-electron chi connectivity index (χ1n) is 5.78. The Bertz CT molecular complexity index is 469. The van der Waals surface area contributed by atoms with Crippen molar-refractivity contribution in [2.24, 2.45) is 0 Å². The van der Waals surface area contributed by atoms with Gasteiger partial charge in [-0.2, -0.15) is 0 Å². The highest BCUT2D eigenvalue weighted by atomic mass is 79.9. The average Bonchev–Trinajstić information content (AvgIpc) is 2.24. The van der Waals surface area contributed by atoms with E-state index in [1.807, 2.05) is 6.07 Å². The molecule has 0 aliphatic rings. The van der Waals surface area contributed by atoms with Gasteiger partial charge in [0.15, 0.2) is 0 Å². The SMILES string of the molecule is CC(C)(C)OC(=O)NCC(=O)Nc1cccc(Br)c1. The smallest absolute Gasteiger partial charge is 0.408 e. The van der Waals surface area contributed by atoms with Gasteiger partial charge in [0.05, 0.1) is 0 Å². The highest BCUT2D eigenvalue weighted by Crippen LogP contribution is 2.15. The zero-order valence-corrected chi connectivity index (χ0v) is 12.7. The number of halogens is 1. The van der Waals surface area contributed by atoms with Crippen LogP contribution in [-0.4, -0.2) is 24.1 Å². The van der Waals surface area contributed by atoms with Gasteiger partial charge in [0.25, 0.3) is 0 Å². The van der Waals surface area contributed by atoms with Crippen LogP contribution in [0.25, 0.3) is 0 Å². The molecule has 0 fully saturated rings. The van der Waals surface area contributed by atoms with E-state index in [-0.39, 0.29) is 12.5 Å². The molecule has 2 N–H and O–H groups in total. The number of benzene rings is 1. The molecule has 2 amide bonds. The molecular formula is C13H17BrN2O3. The molecule has 104 valence electrons. The molecule has 19 heavy (non-hydrogen) atoms. The van der Waals surface area contributed by atoms with Crippen molar-refractivity contribution >= 4 is 33.6 Å². The van der Waals surface area contributed by atoms with Crippen LogP contribution in [0.5, 0.6) is 0 Å². The van der Waals surface area contributed by atoms with E-state index in [1.54, 1.807) is 39.0 Å². The van der Waals surface area contributed by atoms with Crippen molar-refractivity contribution < 1.29 is 14.3 Å². The Morgan fingerprint density at radius 3 is 2.58 bits per heavy atom. The highest BCUT2D eigenvalue weighted by Gasteiger charge is 2.16. The summed E-state index contributed by atoms with van der Waals surface area (Å²) in [5.41, 5.74) is 0.0792. The van der Waals surface area contributed by atoms with Gasteiger partial charge in [-0.25, -0.2) is 4.79 Å². The average molecular weight is 329 g/mol. The van der Waals surface area contributed by atoms with Gasteiger partial charge in [-0.3, -0.25) is 4.79 Å². The number of amides is 2. The third-order valence-corrected chi connectivity index (χ3v) is 2.39. The van der Waals surface area contributed by atoms with E-state index in [0.717, 1.165) is 4.47 Å². The Kier molecular flexibility index (Phi) is 5.35. The monoisotopic (exact) mass is 328 g/mol. The van der Waals surface area contributed by atoms with Crippen molar-refractivity contribution in [2.75, 3.05) is 11.9 Å². The van der Waals surface area contributed by atoms with Gasteiger partial charge in [-0.1, -0.05) is 22.0 Å². The Morgan fingerprint density at radius 1 is 1.32 bits per heavy atom. The minimum atomic E-state index is -0.614. The summed E-state index contributed by atoms with van der Waals surface area (Å²) >= 11 is 3.31. The van der Waals surface area contributed by atoms with Crippen LogP contribution in [0.1, 0.15) is 20.8 Å². The summed E-state index contributed by atoms with van der Waals surface area (Å²) in [5, 5.41) is 5.05. The topological polar surface area (TPSA) is 67.4 Å². The van der Waals surface area contributed by atoms with Crippen molar-refractivity contribution in [1.29, 1.82) is 0 Å². The summed E-state index contributed by atoms with van der Waals surface area (Å²) in [4.78, 5) is 22.9. The van der Waals surface area contributed by atoms with E-state index < -0.39 is 11.7 Å². The predicted octanol–water partition coefficient (Wildman–Crippen LogP) is 2.91. The molecule has 0 heterocycles. The second-order valence-corrected chi connectivity index (χ2v) is 5.83. The lowest BCUT2D eigenvalue weighted by Gasteiger charge is -2.19. The first-order chi connectivity index (χ1) is 8.76. The van der Waals surface area contributed by atoms with Crippen LogP contribution in [0.15, 0.2) is 28.7 Å². The molecule has 5 nitrogen and oxygen atoms in total. The van der Waals surface area contributed by atoms with E-state index in [0.29, 0.717) is 5.69 Å². The van der Waals surface area contributed by atoms with Crippen LogP contribution in [0.4, 0.5) is 10.5 Å². The molecule has 0 aliphatic heterocycles. The van der Waals surface area contributed by atoms with E-state index in [4.69, 9.17) is 4.74 Å². The minimum absolute atomic E-state index is 0.137. The Hall–Kier alpha value is -1.56. The number of carbonyl (C=O) groups excluding carboxylic acids is 2. The lowest BCUT2D eigenvalue weighted by molar-refractivity contribution is -0.115. The summed E-state index contributed by atoms with van der Waals surface area (Å²) < 4.78 is 5.89. The highest BCUT2D eigenvalue weighted by molar-refractivity contribution is 9.10. The number of ether oxygens (including phenoxy) is 1. The summed E-state index contributed by atoms with van der Waals surface area (Å²) in [5.74, 6) is -0.316. The fraction of sp³-hybridized carbons (Fsp3) is 0.385. The number of carbonyl (C=O) groups is 2. The molecule has 0 aromatic heterocycles. The molecule has 1 aromatic carbocycles. The third kappa shape index (κ3) is 6.81. The predicted molar refractivity (Wildman–Crippen MR) is 77.0 cm³/mol. The second-order valence-electron chi connectivity index (χ2n) is 4.91. The maximum atomic E-state index is 11.6. The van der Waals surface area contributed by atoms with Gasteiger partial charge in [0.2, 0.25) is 5.91 Å². The normalized spacial score (nSPS) is 10.7. The van der Waals surface area contributed by atoms with Crippen molar-refractivity contribution in [3.63, 3.8) is 0 Å². The van der Waals surface area contributed by atoms with Gasteiger partial charge >= 0.3 is 6.09 Å². The molecule has 6 heteroatoms. The van der Waals surface area contributed by atoms with Crippen molar-refractivity contribution in [3.8, 4) is 0 Å². The van der Waals surface area contributed by atoms with Gasteiger partial charge in [0, 0.05) is 10.2 Å². The molecule has 0 saturated heterocycles. The molecule has 0 unspecified atom stereocenters. The zero-order valence-electron chi connectivity index (χ0n) is 11.1. The van der Waals surface area contributed by atoms with E-state index >= 15 is 0 Å². The van der Waals surface area contributed by atoms with E-state index in [1.165, 1.54) is 0 Å². The Balaban J connectivity index is 2.38. The van der Waals surface area contributed by atoms with Crippen LogP contribution in [0.3, 0.4) is 0 Å². The first-order valence-corrected chi connectivity index (χ1v) is 6.58. The molecular weight excluding hydrogens is 312 g/mol. The largest absolute Gasteiger partial charge is 0.444 e. The van der Waals surface area contributed by atoms with Crippen molar-refractivity contribution in [1.82, 2.24) is 5.32 Å². The number of nitrogens with one attached hydrogen (secondary N) is 2. The fourth-order valence-electron chi connectivity index (χ4n) is 1.24. The number of anilines is 1. The van der Waals surface area contributed by atoms with Gasteiger partial charge in [-0.05, 0) is 39.0 Å². The maximum absolute atomic E-state index is 11.6. The second kappa shape index (κ2) is 6.56. The van der Waals surface area contributed by atoms with Gasteiger partial charge < -0.3 is 15.4 Å². The van der Waals surface area contributed by atoms with Crippen LogP contribution in [0.2, 0.25) is 0 Å². The van der Waals surface area contributed by atoms with Gasteiger partial charge in [-0.15, -0.1) is 0 Å². The molecule has 0 aliphatic carbocycles. The summed E-state index contributed by atoms with van der Waals surface area (Å²) in [6, 6.07) is 7.19. The fourth-order valence-corrected chi connectivity index (χ4v) is 1.64. The third-order valence-electron chi connectivity index (χ3n) is 1.90. The van der Waals surface area contributed by atoms with Gasteiger partial charge in [0.1, 0.15) is 12.1 Å². The molecule has 0 radical (unpaired) electrons. The van der Waals surface area contributed by atoms with Crippen molar-refractivity contribution in [3.05, 3.63) is 28.7 Å². The summed E-state index contributed by atoms with van der Waals surface area (Å²) in [6.07, 6.45) is -0.614. The van der Waals surface area contributed by atoms with E-state index in [9.17, 15) is 9.59 Å². The lowest BCUT2D eigenvalue weighted by atomic mass is 10.2. The number of hydrogen-bond donors (Lipinski definition) is 2. The first kappa shape index (κ1) is 15.5. The molecule has 0 bridgehead atoms. The maximum Gasteiger partial charge on any atom is 0.408 e. The number of rotatable bonds is 3. The standard InChI is InChI=1S/C13H17BrN2O3/c1-13(2,3)19-12(18)15-8-11(17)16-10-6-4-5-9(14)7-10/h4-7H,8H2,1-3H3,(H,15,18)(H,16,17). The summed E-state index contributed by atoms with van der Waals surface area (Å²) in [7, 11) is 0. The van der Waals surface area contributed by atoms with E-state index in [2.05, 4.69) is 26.6 Å². The quantitative estimate of drug-likeness (QED) is 0.896. The van der Waals surface area contributed by atoms with Crippen LogP contribution in [-0.2, 0) is 9.53 Å². The van der Waals surface area contributed by atoms with Crippen LogP contribution < -0.4 is 10.6 Å². The molecule has 1 aromatic rings. The van der Waals surface area contributed by atoms with Crippen molar-refractivity contribution in [2.45, 2.75) is 26.4 Å². The molecule has 1 rings (SSSR count). The minimum Gasteiger partial charge on any atom is -0.444 e. The number of alkyl carbamates (subject to hydrolysis) is 1. The Morgan fingerprint density at radius 2 is 2.00 bits per heavy atom. The molecule has 0 saturated carbocycles. The van der Waals surface area contributed by atoms with Crippen LogP contribution in [0, 0.1) is 0 Å². The molecule has 0 spiro atoms. The summed E-state index contributed by atoms with van der Waals surface area (Å²) in [6.45, 7) is 5.14. The Labute approximate surface area is 120 Å². The van der Waals surface area contributed by atoms with Crippen LogP contribution >= 0.6 is 15.9 Å². The number of hydrogen-bond acceptors (Lipinski definition) is 3. The molecule has 0 atom stereocenters. The zero-order chi connectivity index (χ0) is 14.5. The lowest BCUT2D eigenvalue weighted by Crippen LogP contribution is -2.37.